The van der Waals surface area contributed by atoms with E-state index in [4.69, 9.17) is 13.3 Å². The summed E-state index contributed by atoms with van der Waals surface area (Å²) < 4.78 is 28.6. The fraction of sp³-hybridized carbons (Fsp3) is 1.00. The van der Waals surface area contributed by atoms with Crippen molar-refractivity contribution in [1.29, 1.82) is 0 Å². The number of phosphoric ester groups is 1. The summed E-state index contributed by atoms with van der Waals surface area (Å²) in [5.41, 5.74) is 0. The predicted molar refractivity (Wildman–Crippen MR) is 73.8 cm³/mol. The molecule has 104 valence electrons. The highest BCUT2D eigenvalue weighted by Gasteiger charge is 2.33. The van der Waals surface area contributed by atoms with Gasteiger partial charge in [-0.3, -0.25) is 9.05 Å². The second-order valence-electron chi connectivity index (χ2n) is 5.02. The minimum atomic E-state index is -3.34. The SMILES string of the molecule is CCCCOP(=O)(OCCCC)O[Si](C)(C)C. The molecule has 0 spiro atoms. The van der Waals surface area contributed by atoms with Crippen LogP contribution in [0.3, 0.4) is 0 Å². The molecule has 0 amide bonds. The first-order valence-corrected chi connectivity index (χ1v) is 11.3. The molecule has 0 atom stereocenters. The summed E-state index contributed by atoms with van der Waals surface area (Å²) in [7, 11) is -5.26. The van der Waals surface area contributed by atoms with Crippen LogP contribution in [-0.2, 0) is 17.8 Å². The summed E-state index contributed by atoms with van der Waals surface area (Å²) in [6.07, 6.45) is 3.75. The Kier molecular flexibility index (Phi) is 8.59. The molecule has 0 aromatic heterocycles. The number of rotatable bonds is 10. The van der Waals surface area contributed by atoms with E-state index in [1.54, 1.807) is 0 Å². The third kappa shape index (κ3) is 9.98. The van der Waals surface area contributed by atoms with Crippen LogP contribution in [0.15, 0.2) is 0 Å². The summed E-state index contributed by atoms with van der Waals surface area (Å²) >= 11 is 0. The molecule has 0 aliphatic heterocycles. The zero-order chi connectivity index (χ0) is 13.4. The van der Waals surface area contributed by atoms with Crippen LogP contribution in [0, 0.1) is 0 Å². The highest BCUT2D eigenvalue weighted by molar-refractivity contribution is 7.50. The van der Waals surface area contributed by atoms with Crippen LogP contribution in [-0.4, -0.2) is 21.5 Å². The third-order valence-corrected chi connectivity index (χ3v) is 5.96. The van der Waals surface area contributed by atoms with Crippen molar-refractivity contribution in [2.45, 2.75) is 59.2 Å². The van der Waals surface area contributed by atoms with E-state index >= 15 is 0 Å². The molecule has 0 N–H and O–H groups in total. The van der Waals surface area contributed by atoms with Crippen molar-refractivity contribution >= 4 is 16.1 Å². The van der Waals surface area contributed by atoms with Gasteiger partial charge in [0.2, 0.25) is 0 Å². The number of hydrogen-bond donors (Lipinski definition) is 0. The molecular formula is C11H27O4PSi. The first-order chi connectivity index (χ1) is 7.83. The lowest BCUT2D eigenvalue weighted by molar-refractivity contribution is 0.150. The van der Waals surface area contributed by atoms with Crippen LogP contribution in [0.4, 0.5) is 0 Å². The summed E-state index contributed by atoms with van der Waals surface area (Å²) in [6.45, 7) is 10.9. The van der Waals surface area contributed by atoms with Crippen LogP contribution in [0.5, 0.6) is 0 Å². The molecule has 0 rings (SSSR count). The molecule has 0 unspecified atom stereocenters. The molecule has 0 aromatic rings. The average Bonchev–Trinajstić information content (AvgIpc) is 2.15. The molecule has 0 aromatic carbocycles. The summed E-state index contributed by atoms with van der Waals surface area (Å²) in [6, 6.07) is 0. The van der Waals surface area contributed by atoms with Crippen molar-refractivity contribution in [3.05, 3.63) is 0 Å². The smallest absolute Gasteiger partial charge is 0.330 e. The van der Waals surface area contributed by atoms with Crippen LogP contribution in [0.2, 0.25) is 19.6 Å². The van der Waals surface area contributed by atoms with Gasteiger partial charge in [-0.15, -0.1) is 0 Å². The van der Waals surface area contributed by atoms with E-state index in [-0.39, 0.29) is 0 Å². The quantitative estimate of drug-likeness (QED) is 0.334. The normalized spacial score (nSPS) is 13.0. The lowest BCUT2D eigenvalue weighted by Gasteiger charge is -2.25. The molecule has 0 bridgehead atoms. The van der Waals surface area contributed by atoms with Gasteiger partial charge in [0.1, 0.15) is 0 Å². The fourth-order valence-corrected chi connectivity index (χ4v) is 4.95. The summed E-state index contributed by atoms with van der Waals surface area (Å²) in [5.74, 6) is 0. The van der Waals surface area contributed by atoms with Gasteiger partial charge in [-0.2, -0.15) is 0 Å². The minimum absolute atomic E-state index is 0.435. The standard InChI is InChI=1S/C11H27O4PSi/c1-6-8-10-13-16(12,14-11-9-7-2)15-17(3,4)5/h6-11H2,1-5H3. The third-order valence-electron chi connectivity index (χ3n) is 1.88. The Balaban J connectivity index is 4.30. The zero-order valence-electron chi connectivity index (χ0n) is 11.8. The highest BCUT2D eigenvalue weighted by atomic mass is 31.2. The molecule has 0 aliphatic carbocycles. The second kappa shape index (κ2) is 8.43. The maximum Gasteiger partial charge on any atom is 0.464 e. The maximum atomic E-state index is 12.3. The lowest BCUT2D eigenvalue weighted by Crippen LogP contribution is -2.25. The monoisotopic (exact) mass is 282 g/mol. The van der Waals surface area contributed by atoms with Gasteiger partial charge in [-0.25, -0.2) is 4.57 Å². The van der Waals surface area contributed by atoms with Crippen molar-refractivity contribution < 1.29 is 17.8 Å². The predicted octanol–water partition coefficient (Wildman–Crippen LogP) is 4.58. The van der Waals surface area contributed by atoms with Crippen LogP contribution >= 0.6 is 7.82 Å². The molecule has 0 radical (unpaired) electrons. The van der Waals surface area contributed by atoms with Crippen molar-refractivity contribution in [1.82, 2.24) is 0 Å². The summed E-state index contributed by atoms with van der Waals surface area (Å²) in [4.78, 5) is 0. The average molecular weight is 282 g/mol. The van der Waals surface area contributed by atoms with Gasteiger partial charge in [0.25, 0.3) is 0 Å². The van der Waals surface area contributed by atoms with E-state index in [1.807, 2.05) is 19.6 Å². The maximum absolute atomic E-state index is 12.3. The van der Waals surface area contributed by atoms with Gasteiger partial charge in [0.15, 0.2) is 8.32 Å². The summed E-state index contributed by atoms with van der Waals surface area (Å²) in [5, 5.41) is 0. The first-order valence-electron chi connectivity index (χ1n) is 6.43. The van der Waals surface area contributed by atoms with Crippen molar-refractivity contribution in [2.75, 3.05) is 13.2 Å². The van der Waals surface area contributed by atoms with E-state index < -0.39 is 16.1 Å². The Bertz CT molecular complexity index is 226. The van der Waals surface area contributed by atoms with Crippen molar-refractivity contribution in [3.8, 4) is 0 Å². The van der Waals surface area contributed by atoms with Crippen LogP contribution in [0.1, 0.15) is 39.5 Å². The molecule has 0 fully saturated rings. The Hall–Kier alpha value is 0.327. The number of phosphoric acid groups is 1. The Morgan fingerprint density at radius 1 is 0.941 bits per heavy atom. The fourth-order valence-electron chi connectivity index (χ4n) is 1.07. The number of hydrogen-bond acceptors (Lipinski definition) is 4. The van der Waals surface area contributed by atoms with Gasteiger partial charge in [-0.1, -0.05) is 26.7 Å². The molecule has 4 nitrogen and oxygen atoms in total. The Labute approximate surface area is 107 Å². The van der Waals surface area contributed by atoms with E-state index in [0.717, 1.165) is 25.7 Å². The van der Waals surface area contributed by atoms with E-state index in [9.17, 15) is 4.57 Å². The second-order valence-corrected chi connectivity index (χ2v) is 11.4. The number of unbranched alkanes of at least 4 members (excludes halogenated alkanes) is 2. The molecule has 0 aliphatic rings. The molecule has 0 saturated heterocycles. The van der Waals surface area contributed by atoms with Crippen molar-refractivity contribution in [2.24, 2.45) is 0 Å². The van der Waals surface area contributed by atoms with Crippen LogP contribution < -0.4 is 0 Å². The van der Waals surface area contributed by atoms with Gasteiger partial charge in [0.05, 0.1) is 13.2 Å². The zero-order valence-corrected chi connectivity index (χ0v) is 13.7. The minimum Gasteiger partial charge on any atom is -0.330 e. The van der Waals surface area contributed by atoms with E-state index in [0.29, 0.717) is 13.2 Å². The molecule has 0 saturated carbocycles. The Morgan fingerprint density at radius 2 is 1.35 bits per heavy atom. The van der Waals surface area contributed by atoms with Crippen LogP contribution in [0.25, 0.3) is 0 Å². The Morgan fingerprint density at radius 3 is 1.65 bits per heavy atom. The van der Waals surface area contributed by atoms with Gasteiger partial charge >= 0.3 is 7.82 Å². The van der Waals surface area contributed by atoms with Gasteiger partial charge in [-0.05, 0) is 32.5 Å². The van der Waals surface area contributed by atoms with E-state index in [1.165, 1.54) is 0 Å². The van der Waals surface area contributed by atoms with Gasteiger partial charge in [0, 0.05) is 0 Å². The first kappa shape index (κ1) is 17.3. The molecule has 17 heavy (non-hydrogen) atoms. The van der Waals surface area contributed by atoms with Gasteiger partial charge < -0.3 is 4.21 Å². The molecular weight excluding hydrogens is 255 g/mol. The topological polar surface area (TPSA) is 44.8 Å². The van der Waals surface area contributed by atoms with E-state index in [2.05, 4.69) is 13.8 Å². The molecule has 0 heterocycles. The largest absolute Gasteiger partial charge is 0.464 e. The lowest BCUT2D eigenvalue weighted by atomic mass is 10.4. The highest BCUT2D eigenvalue weighted by Crippen LogP contribution is 2.52. The molecule has 6 heteroatoms. The van der Waals surface area contributed by atoms with Crippen molar-refractivity contribution in [3.63, 3.8) is 0 Å².